The van der Waals surface area contributed by atoms with Gasteiger partial charge >= 0.3 is 0 Å². The molecule has 1 heterocycles. The summed E-state index contributed by atoms with van der Waals surface area (Å²) in [4.78, 5) is 3.87. The lowest BCUT2D eigenvalue weighted by Crippen LogP contribution is -2.03. The van der Waals surface area contributed by atoms with Crippen LogP contribution in [0.15, 0.2) is 41.1 Å². The minimum atomic E-state index is -0.750. The van der Waals surface area contributed by atoms with E-state index in [1.165, 1.54) is 12.1 Å². The quantitative estimate of drug-likeness (QED) is 0.746. The fraction of sp³-hybridized carbons (Fsp3) is 0.154. The number of aromatic nitrogens is 1. The summed E-state index contributed by atoms with van der Waals surface area (Å²) in [7, 11) is 0. The molecule has 0 spiro atoms. The molecule has 1 atom stereocenters. The summed E-state index contributed by atoms with van der Waals surface area (Å²) in [5.41, 5.74) is 0.781. The fourth-order valence-electron chi connectivity index (χ4n) is 1.68. The van der Waals surface area contributed by atoms with Crippen LogP contribution in [0, 0.1) is 11.6 Å². The number of benzene rings is 1. The Morgan fingerprint density at radius 1 is 1.17 bits per heavy atom. The monoisotopic (exact) mass is 331 g/mol. The lowest BCUT2D eigenvalue weighted by molar-refractivity contribution is 0.549. The molecule has 2 rings (SSSR count). The molecule has 0 aliphatic carbocycles. The Kier molecular flexibility index (Phi) is 4.30. The Balaban J connectivity index is 2.27. The lowest BCUT2D eigenvalue weighted by Gasteiger charge is -2.12. The van der Waals surface area contributed by atoms with Crippen molar-refractivity contribution in [2.75, 3.05) is 0 Å². The topological polar surface area (TPSA) is 12.9 Å². The van der Waals surface area contributed by atoms with Crippen molar-refractivity contribution in [3.05, 3.63) is 63.9 Å². The van der Waals surface area contributed by atoms with E-state index in [0.717, 1.165) is 5.56 Å². The molecule has 1 aromatic carbocycles. The first-order valence-electron chi connectivity index (χ1n) is 5.25. The minimum absolute atomic E-state index is 0.100. The number of hydrogen-bond acceptors (Lipinski definition) is 1. The van der Waals surface area contributed by atoms with Crippen molar-refractivity contribution in [3.8, 4) is 0 Å². The van der Waals surface area contributed by atoms with E-state index in [0.29, 0.717) is 10.9 Å². The van der Waals surface area contributed by atoms with Crippen molar-refractivity contribution in [1.82, 2.24) is 4.98 Å². The minimum Gasteiger partial charge on any atom is -0.265 e. The van der Waals surface area contributed by atoms with Gasteiger partial charge in [-0.3, -0.25) is 4.98 Å². The smallest absolute Gasteiger partial charge is 0.131 e. The first kappa shape index (κ1) is 13.4. The number of halogens is 4. The van der Waals surface area contributed by atoms with E-state index in [9.17, 15) is 8.78 Å². The van der Waals surface area contributed by atoms with Gasteiger partial charge in [0.05, 0.1) is 5.38 Å². The molecule has 18 heavy (non-hydrogen) atoms. The average Bonchev–Trinajstić information content (AvgIpc) is 2.28. The second kappa shape index (κ2) is 5.76. The van der Waals surface area contributed by atoms with Crippen molar-refractivity contribution in [2.24, 2.45) is 0 Å². The second-order valence-corrected chi connectivity index (χ2v) is 5.25. The van der Waals surface area contributed by atoms with Gasteiger partial charge in [-0.05, 0) is 36.2 Å². The maximum absolute atomic E-state index is 13.7. The van der Waals surface area contributed by atoms with Crippen LogP contribution < -0.4 is 0 Å². The third-order valence-corrected chi connectivity index (χ3v) is 3.35. The van der Waals surface area contributed by atoms with Crippen molar-refractivity contribution < 1.29 is 8.78 Å². The van der Waals surface area contributed by atoms with E-state index in [2.05, 4.69) is 20.9 Å². The van der Waals surface area contributed by atoms with Gasteiger partial charge in [0.1, 0.15) is 11.6 Å². The van der Waals surface area contributed by atoms with E-state index in [-0.39, 0.29) is 5.56 Å². The van der Waals surface area contributed by atoms with E-state index >= 15 is 0 Å². The van der Waals surface area contributed by atoms with Gasteiger partial charge in [0.15, 0.2) is 0 Å². The summed E-state index contributed by atoms with van der Waals surface area (Å²) < 4.78 is 27.8. The van der Waals surface area contributed by atoms with Crippen LogP contribution >= 0.6 is 27.5 Å². The van der Waals surface area contributed by atoms with Gasteiger partial charge in [0.25, 0.3) is 0 Å². The zero-order valence-electron chi connectivity index (χ0n) is 9.21. The molecule has 0 saturated heterocycles. The maximum atomic E-state index is 13.7. The van der Waals surface area contributed by atoms with E-state index in [1.807, 2.05) is 0 Å². The molecule has 94 valence electrons. The predicted molar refractivity (Wildman–Crippen MR) is 70.6 cm³/mol. The summed E-state index contributed by atoms with van der Waals surface area (Å²) in [6.45, 7) is 0. The second-order valence-electron chi connectivity index (χ2n) is 3.81. The molecule has 0 fully saturated rings. The highest BCUT2D eigenvalue weighted by Crippen LogP contribution is 2.31. The van der Waals surface area contributed by atoms with Gasteiger partial charge < -0.3 is 0 Å². The van der Waals surface area contributed by atoms with Crippen molar-refractivity contribution in [3.63, 3.8) is 0 Å². The third kappa shape index (κ3) is 3.06. The van der Waals surface area contributed by atoms with Crippen molar-refractivity contribution >= 4 is 27.5 Å². The molecule has 0 N–H and O–H groups in total. The van der Waals surface area contributed by atoms with Crippen LogP contribution in [0.3, 0.4) is 0 Å². The van der Waals surface area contributed by atoms with Crippen LogP contribution in [0.4, 0.5) is 8.78 Å². The van der Waals surface area contributed by atoms with Crippen LogP contribution in [-0.2, 0) is 6.42 Å². The molecule has 0 radical (unpaired) electrons. The molecule has 1 nitrogen and oxygen atoms in total. The average molecular weight is 333 g/mol. The van der Waals surface area contributed by atoms with Gasteiger partial charge in [0.2, 0.25) is 0 Å². The van der Waals surface area contributed by atoms with Crippen molar-refractivity contribution in [1.29, 1.82) is 0 Å². The van der Waals surface area contributed by atoms with Gasteiger partial charge in [-0.1, -0.05) is 15.9 Å². The highest BCUT2D eigenvalue weighted by Gasteiger charge is 2.19. The van der Waals surface area contributed by atoms with Crippen LogP contribution in [0.1, 0.15) is 16.5 Å². The molecule has 1 unspecified atom stereocenters. The van der Waals surface area contributed by atoms with Crippen LogP contribution in [0.5, 0.6) is 0 Å². The molecule has 0 saturated carbocycles. The van der Waals surface area contributed by atoms with Gasteiger partial charge in [0, 0.05) is 22.4 Å². The maximum Gasteiger partial charge on any atom is 0.131 e. The number of alkyl halides is 1. The molecule has 0 bridgehead atoms. The molecule has 0 aliphatic heterocycles. The van der Waals surface area contributed by atoms with E-state index < -0.39 is 17.0 Å². The molecule has 0 aliphatic rings. The zero-order chi connectivity index (χ0) is 13.1. The number of nitrogens with zero attached hydrogens (tertiary/aromatic N) is 1. The predicted octanol–water partition coefficient (Wildman–Crippen LogP) is 4.64. The standard InChI is InChI=1S/C13H9BrClF2N/c14-9-6-11(16)13(12(17)7-9)10(15)5-8-1-3-18-4-2-8/h1-4,6-7,10H,5H2. The SMILES string of the molecule is Fc1cc(Br)cc(F)c1C(Cl)Cc1ccncc1. The molecule has 2 aromatic rings. The summed E-state index contributed by atoms with van der Waals surface area (Å²) >= 11 is 9.12. The Morgan fingerprint density at radius 2 is 1.72 bits per heavy atom. The van der Waals surface area contributed by atoms with Gasteiger partial charge in [-0.2, -0.15) is 0 Å². The summed E-state index contributed by atoms with van der Waals surface area (Å²) in [6.07, 6.45) is 3.58. The summed E-state index contributed by atoms with van der Waals surface area (Å²) in [6, 6.07) is 5.95. The summed E-state index contributed by atoms with van der Waals surface area (Å²) in [5.74, 6) is -1.29. The fourth-order valence-corrected chi connectivity index (χ4v) is 2.47. The number of pyridine rings is 1. The highest BCUT2D eigenvalue weighted by atomic mass is 79.9. The molecule has 1 aromatic heterocycles. The highest BCUT2D eigenvalue weighted by molar-refractivity contribution is 9.10. The Hall–Kier alpha value is -1.00. The van der Waals surface area contributed by atoms with E-state index in [4.69, 9.17) is 11.6 Å². The summed E-state index contributed by atoms with van der Waals surface area (Å²) in [5, 5.41) is -0.750. The Morgan fingerprint density at radius 3 is 2.28 bits per heavy atom. The molecular formula is C13H9BrClF2N. The largest absolute Gasteiger partial charge is 0.265 e. The Bertz CT molecular complexity index is 525. The first-order valence-corrected chi connectivity index (χ1v) is 6.48. The van der Waals surface area contributed by atoms with Gasteiger partial charge in [-0.25, -0.2) is 8.78 Å². The van der Waals surface area contributed by atoms with Gasteiger partial charge in [-0.15, -0.1) is 11.6 Å². The zero-order valence-corrected chi connectivity index (χ0v) is 11.5. The number of rotatable bonds is 3. The number of hydrogen-bond donors (Lipinski definition) is 0. The molecular weight excluding hydrogens is 324 g/mol. The van der Waals surface area contributed by atoms with Crippen LogP contribution in [-0.4, -0.2) is 4.98 Å². The van der Waals surface area contributed by atoms with E-state index in [1.54, 1.807) is 24.5 Å². The Labute approximate surface area is 117 Å². The lowest BCUT2D eigenvalue weighted by atomic mass is 10.0. The normalized spacial score (nSPS) is 12.4. The van der Waals surface area contributed by atoms with Crippen LogP contribution in [0.2, 0.25) is 0 Å². The molecule has 0 amide bonds. The van der Waals surface area contributed by atoms with Crippen molar-refractivity contribution in [2.45, 2.75) is 11.8 Å². The first-order chi connectivity index (χ1) is 8.58. The molecule has 5 heteroatoms. The third-order valence-electron chi connectivity index (χ3n) is 2.52. The van der Waals surface area contributed by atoms with Crippen LogP contribution in [0.25, 0.3) is 0 Å².